The van der Waals surface area contributed by atoms with E-state index in [1.165, 1.54) is 0 Å². The molecule has 0 aliphatic rings. The number of carboxylic acid groups (broad SMARTS) is 1. The topological polar surface area (TPSA) is 87.1 Å². The van der Waals surface area contributed by atoms with Crippen molar-refractivity contribution >= 4 is 30.0 Å². The number of nitrogens with zero attached hydrogens (tertiary/aromatic N) is 1. The van der Waals surface area contributed by atoms with E-state index in [-0.39, 0.29) is 18.8 Å². The molecule has 1 aromatic carbocycles. The zero-order chi connectivity index (χ0) is 11.4. The zero-order valence-corrected chi connectivity index (χ0v) is 9.76. The van der Waals surface area contributed by atoms with Crippen LogP contribution in [-0.4, -0.2) is 17.1 Å². The van der Waals surface area contributed by atoms with E-state index in [1.54, 1.807) is 18.2 Å². The number of aliphatic carboxylic acids is 1. The highest BCUT2D eigenvalue weighted by atomic mass is 35.5. The zero-order valence-electron chi connectivity index (χ0n) is 8.18. The first-order valence-corrected chi connectivity index (χ1v) is 4.59. The third-order valence-electron chi connectivity index (χ3n) is 1.93. The van der Waals surface area contributed by atoms with E-state index < -0.39 is 12.0 Å². The Bertz CT molecular complexity index is 429. The summed E-state index contributed by atoms with van der Waals surface area (Å²) in [5.74, 6) is -1.06. The van der Waals surface area contributed by atoms with E-state index in [2.05, 4.69) is 0 Å². The van der Waals surface area contributed by atoms with Crippen LogP contribution in [-0.2, 0) is 11.2 Å². The largest absolute Gasteiger partial charge is 0.480 e. The minimum Gasteiger partial charge on any atom is -0.480 e. The number of hydrogen-bond acceptors (Lipinski definition) is 3. The van der Waals surface area contributed by atoms with E-state index >= 15 is 0 Å². The number of nitrogens with two attached hydrogens (primary N) is 1. The highest BCUT2D eigenvalue weighted by molar-refractivity contribution is 6.31. The van der Waals surface area contributed by atoms with Gasteiger partial charge in [0, 0.05) is 0 Å². The maximum Gasteiger partial charge on any atom is 0.320 e. The van der Waals surface area contributed by atoms with Crippen molar-refractivity contribution in [2.75, 3.05) is 0 Å². The van der Waals surface area contributed by atoms with Gasteiger partial charge in [-0.15, -0.1) is 12.4 Å². The van der Waals surface area contributed by atoms with Crippen molar-refractivity contribution in [1.82, 2.24) is 0 Å². The number of rotatable bonds is 3. The Morgan fingerprint density at radius 1 is 1.62 bits per heavy atom. The molecule has 0 aliphatic carbocycles. The molecule has 0 saturated carbocycles. The first kappa shape index (κ1) is 14.7. The summed E-state index contributed by atoms with van der Waals surface area (Å²) >= 11 is 5.78. The molecule has 0 bridgehead atoms. The molecular formula is C10H10Cl2N2O2. The molecule has 0 saturated heterocycles. The molecule has 86 valence electrons. The first-order chi connectivity index (χ1) is 7.04. The standard InChI is InChI=1S/C10H9ClN2O2.ClH/c11-8-3-6(1-2-7(8)5-12)4-9(13)10(14)15;/h1-3,9H,4,13H2,(H,14,15);1H. The molecule has 1 aromatic rings. The lowest BCUT2D eigenvalue weighted by atomic mass is 10.1. The Hall–Kier alpha value is -1.28. The van der Waals surface area contributed by atoms with Crippen LogP contribution in [0.4, 0.5) is 0 Å². The van der Waals surface area contributed by atoms with Gasteiger partial charge in [0.05, 0.1) is 10.6 Å². The average molecular weight is 261 g/mol. The molecular weight excluding hydrogens is 251 g/mol. The monoisotopic (exact) mass is 260 g/mol. The number of carbonyl (C=O) groups is 1. The van der Waals surface area contributed by atoms with Gasteiger partial charge in [-0.05, 0) is 24.1 Å². The lowest BCUT2D eigenvalue weighted by molar-refractivity contribution is -0.138. The quantitative estimate of drug-likeness (QED) is 0.864. The number of benzene rings is 1. The first-order valence-electron chi connectivity index (χ1n) is 4.21. The second-order valence-electron chi connectivity index (χ2n) is 3.07. The summed E-state index contributed by atoms with van der Waals surface area (Å²) in [6.45, 7) is 0. The minimum absolute atomic E-state index is 0. The fourth-order valence-corrected chi connectivity index (χ4v) is 1.36. The highest BCUT2D eigenvalue weighted by Crippen LogP contribution is 2.17. The Kier molecular flexibility index (Phi) is 5.83. The average Bonchev–Trinajstić information content (AvgIpc) is 2.18. The molecule has 0 heterocycles. The number of halogens is 2. The van der Waals surface area contributed by atoms with Gasteiger partial charge in [0.2, 0.25) is 0 Å². The van der Waals surface area contributed by atoms with Crippen molar-refractivity contribution in [3.8, 4) is 6.07 Å². The molecule has 1 atom stereocenters. The Morgan fingerprint density at radius 3 is 2.69 bits per heavy atom. The van der Waals surface area contributed by atoms with Crippen LogP contribution in [0.25, 0.3) is 0 Å². The van der Waals surface area contributed by atoms with Gasteiger partial charge in [0.1, 0.15) is 12.1 Å². The molecule has 0 fully saturated rings. The predicted octanol–water partition coefficient (Wildman–Crippen LogP) is 1.59. The van der Waals surface area contributed by atoms with Gasteiger partial charge in [-0.2, -0.15) is 5.26 Å². The van der Waals surface area contributed by atoms with E-state index in [4.69, 9.17) is 27.7 Å². The van der Waals surface area contributed by atoms with Crippen LogP contribution in [0, 0.1) is 11.3 Å². The molecule has 0 amide bonds. The Labute approximate surface area is 104 Å². The summed E-state index contributed by atoms with van der Waals surface area (Å²) in [6, 6.07) is 5.72. The molecule has 0 aromatic heterocycles. The lowest BCUT2D eigenvalue weighted by Crippen LogP contribution is -2.32. The van der Waals surface area contributed by atoms with Gasteiger partial charge in [0.25, 0.3) is 0 Å². The van der Waals surface area contributed by atoms with E-state index in [9.17, 15) is 4.79 Å². The molecule has 1 unspecified atom stereocenters. The van der Waals surface area contributed by atoms with Gasteiger partial charge < -0.3 is 10.8 Å². The van der Waals surface area contributed by atoms with Gasteiger partial charge in [0.15, 0.2) is 0 Å². The van der Waals surface area contributed by atoms with E-state index in [0.717, 1.165) is 0 Å². The van der Waals surface area contributed by atoms with Crippen LogP contribution in [0.3, 0.4) is 0 Å². The fraction of sp³-hybridized carbons (Fsp3) is 0.200. The molecule has 4 nitrogen and oxygen atoms in total. The molecule has 0 radical (unpaired) electrons. The van der Waals surface area contributed by atoms with Gasteiger partial charge in [-0.1, -0.05) is 17.7 Å². The van der Waals surface area contributed by atoms with Crippen LogP contribution in [0.1, 0.15) is 11.1 Å². The number of carboxylic acids is 1. The predicted molar refractivity (Wildman–Crippen MR) is 62.7 cm³/mol. The molecule has 3 N–H and O–H groups in total. The van der Waals surface area contributed by atoms with Crippen LogP contribution in [0.15, 0.2) is 18.2 Å². The summed E-state index contributed by atoms with van der Waals surface area (Å²) in [5, 5.41) is 17.5. The van der Waals surface area contributed by atoms with Crippen molar-refractivity contribution in [2.45, 2.75) is 12.5 Å². The van der Waals surface area contributed by atoms with Crippen LogP contribution in [0.2, 0.25) is 5.02 Å². The third-order valence-corrected chi connectivity index (χ3v) is 2.24. The number of nitriles is 1. The second-order valence-corrected chi connectivity index (χ2v) is 3.48. The van der Waals surface area contributed by atoms with Crippen molar-refractivity contribution in [2.24, 2.45) is 5.73 Å². The third kappa shape index (κ3) is 3.70. The Balaban J connectivity index is 0.00000225. The van der Waals surface area contributed by atoms with Gasteiger partial charge in [-0.3, -0.25) is 4.79 Å². The van der Waals surface area contributed by atoms with Crippen LogP contribution >= 0.6 is 24.0 Å². The van der Waals surface area contributed by atoms with E-state index in [1.807, 2.05) is 6.07 Å². The lowest BCUT2D eigenvalue weighted by Gasteiger charge is -2.06. The summed E-state index contributed by atoms with van der Waals surface area (Å²) in [5.41, 5.74) is 6.43. The molecule has 1 rings (SSSR count). The summed E-state index contributed by atoms with van der Waals surface area (Å²) in [7, 11) is 0. The van der Waals surface area contributed by atoms with Crippen LogP contribution < -0.4 is 5.73 Å². The van der Waals surface area contributed by atoms with Crippen molar-refractivity contribution in [3.05, 3.63) is 34.3 Å². The van der Waals surface area contributed by atoms with Crippen molar-refractivity contribution in [1.29, 1.82) is 5.26 Å². The molecule has 0 spiro atoms. The maximum atomic E-state index is 10.5. The summed E-state index contributed by atoms with van der Waals surface area (Å²) < 4.78 is 0. The smallest absolute Gasteiger partial charge is 0.320 e. The maximum absolute atomic E-state index is 10.5. The van der Waals surface area contributed by atoms with Gasteiger partial charge in [-0.25, -0.2) is 0 Å². The van der Waals surface area contributed by atoms with E-state index in [0.29, 0.717) is 16.1 Å². The van der Waals surface area contributed by atoms with Crippen LogP contribution in [0.5, 0.6) is 0 Å². The molecule has 16 heavy (non-hydrogen) atoms. The number of hydrogen-bond donors (Lipinski definition) is 2. The fourth-order valence-electron chi connectivity index (χ4n) is 1.12. The van der Waals surface area contributed by atoms with Crippen molar-refractivity contribution < 1.29 is 9.90 Å². The SMILES string of the molecule is Cl.N#Cc1ccc(CC(N)C(=O)O)cc1Cl. The summed E-state index contributed by atoms with van der Waals surface area (Å²) in [6.07, 6.45) is 0.195. The summed E-state index contributed by atoms with van der Waals surface area (Å²) in [4.78, 5) is 10.5. The normalized spacial score (nSPS) is 11.1. The second kappa shape index (κ2) is 6.33. The molecule has 0 aliphatic heterocycles. The van der Waals surface area contributed by atoms with Gasteiger partial charge >= 0.3 is 5.97 Å². The molecule has 6 heteroatoms. The Morgan fingerprint density at radius 2 is 2.25 bits per heavy atom. The van der Waals surface area contributed by atoms with Crippen molar-refractivity contribution in [3.63, 3.8) is 0 Å². The minimum atomic E-state index is -1.06. The highest BCUT2D eigenvalue weighted by Gasteiger charge is 2.12.